The van der Waals surface area contributed by atoms with Crippen LogP contribution < -0.4 is 10.6 Å². The van der Waals surface area contributed by atoms with Gasteiger partial charge in [-0.2, -0.15) is 0 Å². The first-order valence-corrected chi connectivity index (χ1v) is 6.75. The Bertz CT molecular complexity index is 365. The second-order valence-electron chi connectivity index (χ2n) is 4.66. The molecule has 1 aromatic rings. The first-order valence-electron chi connectivity index (χ1n) is 5.87. The second-order valence-corrected chi connectivity index (χ2v) is 6.08. The molecule has 0 radical (unpaired) electrons. The Morgan fingerprint density at radius 1 is 1.38 bits per heavy atom. The summed E-state index contributed by atoms with van der Waals surface area (Å²) in [6.45, 7) is 7.58. The highest BCUT2D eigenvalue weighted by atomic mass is 32.2. The predicted octanol–water partition coefficient (Wildman–Crippen LogP) is 2.72. The Balaban J connectivity index is 2.34. The van der Waals surface area contributed by atoms with E-state index in [1.807, 2.05) is 11.8 Å². The van der Waals surface area contributed by atoms with Gasteiger partial charge in [-0.1, -0.05) is 19.1 Å². The maximum atomic E-state index is 5.94. The van der Waals surface area contributed by atoms with E-state index in [0.29, 0.717) is 11.3 Å². The topological polar surface area (TPSA) is 29.3 Å². The Labute approximate surface area is 102 Å². The molecule has 3 heteroatoms. The highest BCUT2D eigenvalue weighted by Crippen LogP contribution is 2.41. The molecule has 0 saturated heterocycles. The van der Waals surface area contributed by atoms with Gasteiger partial charge in [0.1, 0.15) is 0 Å². The SMILES string of the molecule is CC(N)CN1c2ccccc2SC(C)C1C. The van der Waals surface area contributed by atoms with Gasteiger partial charge in [-0.05, 0) is 26.0 Å². The summed E-state index contributed by atoms with van der Waals surface area (Å²) in [4.78, 5) is 3.83. The lowest BCUT2D eigenvalue weighted by Gasteiger charge is -2.41. The van der Waals surface area contributed by atoms with Crippen LogP contribution in [-0.4, -0.2) is 23.9 Å². The smallest absolute Gasteiger partial charge is 0.0507 e. The molecule has 0 amide bonds. The number of nitrogens with zero attached hydrogens (tertiary/aromatic N) is 1. The van der Waals surface area contributed by atoms with Gasteiger partial charge in [0.05, 0.1) is 5.69 Å². The third kappa shape index (κ3) is 2.20. The molecule has 88 valence electrons. The highest BCUT2D eigenvalue weighted by molar-refractivity contribution is 8.00. The lowest BCUT2D eigenvalue weighted by Crippen LogP contribution is -2.47. The van der Waals surface area contributed by atoms with Gasteiger partial charge in [0, 0.05) is 28.8 Å². The molecular weight excluding hydrogens is 216 g/mol. The average molecular weight is 236 g/mol. The molecule has 1 aliphatic rings. The number of hydrogen-bond donors (Lipinski definition) is 1. The first-order chi connectivity index (χ1) is 7.59. The molecule has 0 aliphatic carbocycles. The van der Waals surface area contributed by atoms with E-state index in [9.17, 15) is 0 Å². The van der Waals surface area contributed by atoms with Crippen molar-refractivity contribution in [1.82, 2.24) is 0 Å². The average Bonchev–Trinajstić information content (AvgIpc) is 2.24. The molecule has 1 heterocycles. The number of hydrogen-bond acceptors (Lipinski definition) is 3. The van der Waals surface area contributed by atoms with Gasteiger partial charge in [0.25, 0.3) is 0 Å². The van der Waals surface area contributed by atoms with Gasteiger partial charge < -0.3 is 10.6 Å². The molecule has 2 N–H and O–H groups in total. The van der Waals surface area contributed by atoms with Crippen LogP contribution in [0.25, 0.3) is 0 Å². The van der Waals surface area contributed by atoms with Crippen LogP contribution in [0.1, 0.15) is 20.8 Å². The fourth-order valence-corrected chi connectivity index (χ4v) is 3.35. The highest BCUT2D eigenvalue weighted by Gasteiger charge is 2.29. The number of anilines is 1. The van der Waals surface area contributed by atoms with Gasteiger partial charge in [-0.3, -0.25) is 0 Å². The molecule has 0 spiro atoms. The van der Waals surface area contributed by atoms with E-state index in [2.05, 4.69) is 49.9 Å². The molecule has 2 rings (SSSR count). The summed E-state index contributed by atoms with van der Waals surface area (Å²) in [5.41, 5.74) is 7.28. The molecule has 2 nitrogen and oxygen atoms in total. The number of rotatable bonds is 2. The van der Waals surface area contributed by atoms with Crippen molar-refractivity contribution in [3.8, 4) is 0 Å². The Kier molecular flexibility index (Phi) is 3.45. The Morgan fingerprint density at radius 3 is 2.75 bits per heavy atom. The summed E-state index contributed by atoms with van der Waals surface area (Å²) in [5, 5.41) is 0.619. The summed E-state index contributed by atoms with van der Waals surface area (Å²) in [7, 11) is 0. The molecule has 1 aliphatic heterocycles. The molecule has 3 atom stereocenters. The molecule has 16 heavy (non-hydrogen) atoms. The fourth-order valence-electron chi connectivity index (χ4n) is 2.14. The maximum absolute atomic E-state index is 5.94. The summed E-state index contributed by atoms with van der Waals surface area (Å²) in [6, 6.07) is 9.38. The second kappa shape index (κ2) is 4.68. The van der Waals surface area contributed by atoms with E-state index < -0.39 is 0 Å². The standard InChI is InChI=1S/C13H20N2S/c1-9(14)8-15-10(2)11(3)16-13-7-5-4-6-12(13)15/h4-7,9-11H,8,14H2,1-3H3. The Hall–Kier alpha value is -0.670. The molecule has 0 aromatic heterocycles. The van der Waals surface area contributed by atoms with Gasteiger partial charge in [-0.25, -0.2) is 0 Å². The lowest BCUT2D eigenvalue weighted by molar-refractivity contribution is 0.575. The Morgan fingerprint density at radius 2 is 2.06 bits per heavy atom. The molecule has 3 unspecified atom stereocenters. The van der Waals surface area contributed by atoms with E-state index in [-0.39, 0.29) is 6.04 Å². The van der Waals surface area contributed by atoms with Crippen LogP contribution in [0.2, 0.25) is 0 Å². The quantitative estimate of drug-likeness (QED) is 0.856. The van der Waals surface area contributed by atoms with Crippen molar-refractivity contribution in [2.75, 3.05) is 11.4 Å². The summed E-state index contributed by atoms with van der Waals surface area (Å²) in [6.07, 6.45) is 0. The van der Waals surface area contributed by atoms with E-state index in [0.717, 1.165) is 6.54 Å². The van der Waals surface area contributed by atoms with Crippen molar-refractivity contribution in [3.63, 3.8) is 0 Å². The molecule has 0 saturated carbocycles. The zero-order valence-corrected chi connectivity index (χ0v) is 11.0. The van der Waals surface area contributed by atoms with Crippen molar-refractivity contribution in [3.05, 3.63) is 24.3 Å². The van der Waals surface area contributed by atoms with Crippen LogP contribution >= 0.6 is 11.8 Å². The predicted molar refractivity (Wildman–Crippen MR) is 72.2 cm³/mol. The van der Waals surface area contributed by atoms with E-state index in [4.69, 9.17) is 5.73 Å². The molecule has 0 bridgehead atoms. The zero-order valence-electron chi connectivity index (χ0n) is 10.2. The van der Waals surface area contributed by atoms with Gasteiger partial charge in [0.2, 0.25) is 0 Å². The normalized spacial score (nSPS) is 26.4. The minimum absolute atomic E-state index is 0.214. The molecule has 1 aromatic carbocycles. The van der Waals surface area contributed by atoms with Gasteiger partial charge in [0.15, 0.2) is 0 Å². The number of benzene rings is 1. The van der Waals surface area contributed by atoms with Gasteiger partial charge >= 0.3 is 0 Å². The first kappa shape index (κ1) is 11.8. The van der Waals surface area contributed by atoms with Crippen LogP contribution in [0.5, 0.6) is 0 Å². The van der Waals surface area contributed by atoms with E-state index >= 15 is 0 Å². The van der Waals surface area contributed by atoms with Crippen molar-refractivity contribution in [1.29, 1.82) is 0 Å². The summed E-state index contributed by atoms with van der Waals surface area (Å²) in [5.74, 6) is 0. The van der Waals surface area contributed by atoms with Crippen LogP contribution in [0.15, 0.2) is 29.2 Å². The van der Waals surface area contributed by atoms with Crippen molar-refractivity contribution in [2.24, 2.45) is 5.73 Å². The van der Waals surface area contributed by atoms with Crippen LogP contribution in [0.4, 0.5) is 5.69 Å². The van der Waals surface area contributed by atoms with Crippen molar-refractivity contribution < 1.29 is 0 Å². The monoisotopic (exact) mass is 236 g/mol. The fraction of sp³-hybridized carbons (Fsp3) is 0.538. The summed E-state index contributed by atoms with van der Waals surface area (Å²) < 4.78 is 0. The van der Waals surface area contributed by atoms with E-state index in [1.54, 1.807) is 0 Å². The third-order valence-corrected chi connectivity index (χ3v) is 4.51. The van der Waals surface area contributed by atoms with Crippen molar-refractivity contribution in [2.45, 2.75) is 43.0 Å². The minimum Gasteiger partial charge on any atom is -0.365 e. The number of fused-ring (bicyclic) bond motifs is 1. The third-order valence-electron chi connectivity index (χ3n) is 3.14. The minimum atomic E-state index is 0.214. The maximum Gasteiger partial charge on any atom is 0.0507 e. The zero-order chi connectivity index (χ0) is 11.7. The van der Waals surface area contributed by atoms with Crippen LogP contribution in [0, 0.1) is 0 Å². The van der Waals surface area contributed by atoms with Gasteiger partial charge in [-0.15, -0.1) is 11.8 Å². The van der Waals surface area contributed by atoms with Crippen molar-refractivity contribution >= 4 is 17.4 Å². The number of thioether (sulfide) groups is 1. The number of para-hydroxylation sites is 1. The summed E-state index contributed by atoms with van der Waals surface area (Å²) >= 11 is 1.97. The molecular formula is C13H20N2S. The number of nitrogens with two attached hydrogens (primary N) is 1. The van der Waals surface area contributed by atoms with Crippen LogP contribution in [0.3, 0.4) is 0 Å². The van der Waals surface area contributed by atoms with E-state index in [1.165, 1.54) is 10.6 Å². The largest absolute Gasteiger partial charge is 0.365 e. The van der Waals surface area contributed by atoms with Crippen LogP contribution in [-0.2, 0) is 0 Å². The lowest BCUT2D eigenvalue weighted by atomic mass is 10.1. The molecule has 0 fully saturated rings.